The second-order valence-electron chi connectivity index (χ2n) is 4.73. The van der Waals surface area contributed by atoms with Gasteiger partial charge in [0.25, 0.3) is 5.91 Å². The highest BCUT2D eigenvalue weighted by molar-refractivity contribution is 9.10. The molecule has 2 rings (SSSR count). The predicted molar refractivity (Wildman–Crippen MR) is 82.4 cm³/mol. The van der Waals surface area contributed by atoms with Crippen LogP contribution in [-0.2, 0) is 4.79 Å². The van der Waals surface area contributed by atoms with E-state index in [9.17, 15) is 9.59 Å². The lowest BCUT2D eigenvalue weighted by atomic mass is 10.2. The highest BCUT2D eigenvalue weighted by atomic mass is 79.9. The molecule has 0 saturated carbocycles. The van der Waals surface area contributed by atoms with Crippen molar-refractivity contribution >= 4 is 38.8 Å². The van der Waals surface area contributed by atoms with Crippen LogP contribution in [0.1, 0.15) is 36.2 Å². The highest BCUT2D eigenvalue weighted by Gasteiger charge is 2.13. The second-order valence-corrected chi connectivity index (χ2v) is 5.58. The van der Waals surface area contributed by atoms with Gasteiger partial charge in [-0.25, -0.2) is 0 Å². The number of carboxylic acids is 1. The molecule has 5 nitrogen and oxygen atoms in total. The lowest BCUT2D eigenvalue weighted by molar-refractivity contribution is -0.137. The molecule has 2 aromatic rings. The first-order chi connectivity index (χ1) is 10.1. The summed E-state index contributed by atoms with van der Waals surface area (Å²) in [6, 6.07) is 7.33. The van der Waals surface area contributed by atoms with Crippen molar-refractivity contribution in [2.45, 2.75) is 25.7 Å². The standard InChI is InChI=1S/C15H16BrNO4/c16-11-6-4-5-10-9-12(21-14(10)11)15(20)17-8-3-1-2-7-13(18)19/h4-6,9H,1-3,7-8H2,(H,17,20)(H,18,19). The van der Waals surface area contributed by atoms with Gasteiger partial charge in [0, 0.05) is 18.4 Å². The molecule has 112 valence electrons. The van der Waals surface area contributed by atoms with E-state index in [-0.39, 0.29) is 18.1 Å². The molecule has 0 saturated heterocycles. The van der Waals surface area contributed by atoms with Crippen molar-refractivity contribution in [3.8, 4) is 0 Å². The molecule has 0 bridgehead atoms. The number of para-hydroxylation sites is 1. The zero-order valence-electron chi connectivity index (χ0n) is 11.4. The number of hydrogen-bond donors (Lipinski definition) is 2. The van der Waals surface area contributed by atoms with E-state index in [0.717, 1.165) is 22.7 Å². The summed E-state index contributed by atoms with van der Waals surface area (Å²) in [6.45, 7) is 0.511. The van der Waals surface area contributed by atoms with E-state index in [4.69, 9.17) is 9.52 Å². The summed E-state index contributed by atoms with van der Waals surface area (Å²) in [5.74, 6) is -0.759. The molecule has 0 radical (unpaired) electrons. The Hall–Kier alpha value is -1.82. The normalized spacial score (nSPS) is 10.7. The molecule has 1 heterocycles. The number of hydrogen-bond acceptors (Lipinski definition) is 3. The molecular weight excluding hydrogens is 338 g/mol. The van der Waals surface area contributed by atoms with E-state index in [1.54, 1.807) is 6.07 Å². The Kier molecular flexibility index (Phi) is 5.38. The van der Waals surface area contributed by atoms with Crippen molar-refractivity contribution < 1.29 is 19.1 Å². The number of carboxylic acid groups (broad SMARTS) is 1. The fourth-order valence-corrected chi connectivity index (χ4v) is 2.47. The van der Waals surface area contributed by atoms with E-state index in [1.165, 1.54) is 0 Å². The Bertz CT molecular complexity index is 650. The molecule has 0 fully saturated rings. The van der Waals surface area contributed by atoms with Crippen LogP contribution in [0, 0.1) is 0 Å². The number of carbonyl (C=O) groups is 2. The van der Waals surface area contributed by atoms with E-state index in [2.05, 4.69) is 21.2 Å². The highest BCUT2D eigenvalue weighted by Crippen LogP contribution is 2.26. The van der Waals surface area contributed by atoms with Gasteiger partial charge in [-0.2, -0.15) is 0 Å². The smallest absolute Gasteiger partial charge is 0.303 e. The van der Waals surface area contributed by atoms with Gasteiger partial charge in [-0.1, -0.05) is 18.6 Å². The number of furan rings is 1. The molecule has 0 unspecified atom stereocenters. The van der Waals surface area contributed by atoms with Crippen LogP contribution in [0.25, 0.3) is 11.0 Å². The van der Waals surface area contributed by atoms with Gasteiger partial charge in [-0.05, 0) is 40.9 Å². The number of amides is 1. The molecule has 1 aromatic carbocycles. The molecule has 0 aliphatic heterocycles. The van der Waals surface area contributed by atoms with E-state index < -0.39 is 5.97 Å². The summed E-state index contributed by atoms with van der Waals surface area (Å²) in [5.41, 5.74) is 0.657. The molecule has 0 aliphatic carbocycles. The van der Waals surface area contributed by atoms with Crippen LogP contribution in [0.15, 0.2) is 33.2 Å². The third-order valence-corrected chi connectivity index (χ3v) is 3.70. The van der Waals surface area contributed by atoms with E-state index in [0.29, 0.717) is 18.5 Å². The third kappa shape index (κ3) is 4.32. The monoisotopic (exact) mass is 353 g/mol. The number of carbonyl (C=O) groups excluding carboxylic acids is 1. The molecule has 0 spiro atoms. The quantitative estimate of drug-likeness (QED) is 0.745. The molecule has 0 aliphatic rings. The van der Waals surface area contributed by atoms with Gasteiger partial charge in [0.2, 0.25) is 0 Å². The summed E-state index contributed by atoms with van der Waals surface area (Å²) in [6.07, 6.45) is 2.33. The number of rotatable bonds is 7. The maximum Gasteiger partial charge on any atom is 0.303 e. The minimum atomic E-state index is -0.785. The molecule has 21 heavy (non-hydrogen) atoms. The average Bonchev–Trinajstić information content (AvgIpc) is 2.87. The van der Waals surface area contributed by atoms with Crippen LogP contribution in [0.5, 0.6) is 0 Å². The zero-order chi connectivity index (χ0) is 15.2. The molecule has 0 atom stereocenters. The van der Waals surface area contributed by atoms with Crippen LogP contribution in [0.2, 0.25) is 0 Å². The Balaban J connectivity index is 1.82. The van der Waals surface area contributed by atoms with Crippen LogP contribution in [0.3, 0.4) is 0 Å². The molecule has 1 amide bonds. The van der Waals surface area contributed by atoms with Crippen molar-refractivity contribution in [1.29, 1.82) is 0 Å². The Morgan fingerprint density at radius 1 is 1.24 bits per heavy atom. The predicted octanol–water partition coefficient (Wildman–Crippen LogP) is 3.57. The fourth-order valence-electron chi connectivity index (χ4n) is 2.01. The summed E-state index contributed by atoms with van der Waals surface area (Å²) in [7, 11) is 0. The van der Waals surface area contributed by atoms with Gasteiger partial charge < -0.3 is 14.8 Å². The van der Waals surface area contributed by atoms with E-state index in [1.807, 2.05) is 18.2 Å². The Morgan fingerprint density at radius 3 is 2.76 bits per heavy atom. The van der Waals surface area contributed by atoms with Gasteiger partial charge in [0.15, 0.2) is 5.76 Å². The summed E-state index contributed by atoms with van der Waals surface area (Å²) in [4.78, 5) is 22.3. The Morgan fingerprint density at radius 2 is 2.05 bits per heavy atom. The lowest BCUT2D eigenvalue weighted by Crippen LogP contribution is -2.23. The summed E-state index contributed by atoms with van der Waals surface area (Å²) >= 11 is 3.38. The number of benzene rings is 1. The maximum absolute atomic E-state index is 12.0. The molecule has 1 aromatic heterocycles. The first-order valence-electron chi connectivity index (χ1n) is 6.76. The first-order valence-corrected chi connectivity index (χ1v) is 7.55. The van der Waals surface area contributed by atoms with Crippen molar-refractivity contribution in [3.63, 3.8) is 0 Å². The number of halogens is 1. The van der Waals surface area contributed by atoms with Gasteiger partial charge >= 0.3 is 5.97 Å². The first kappa shape index (κ1) is 15.6. The number of nitrogens with one attached hydrogen (secondary N) is 1. The van der Waals surface area contributed by atoms with Crippen LogP contribution >= 0.6 is 15.9 Å². The fraction of sp³-hybridized carbons (Fsp3) is 0.333. The molecule has 2 N–H and O–H groups in total. The minimum absolute atomic E-state index is 0.172. The minimum Gasteiger partial charge on any atom is -0.481 e. The molecule has 6 heteroatoms. The lowest BCUT2D eigenvalue weighted by Gasteiger charge is -2.02. The van der Waals surface area contributed by atoms with E-state index >= 15 is 0 Å². The number of aliphatic carboxylic acids is 1. The van der Waals surface area contributed by atoms with Crippen molar-refractivity contribution in [1.82, 2.24) is 5.32 Å². The van der Waals surface area contributed by atoms with Gasteiger partial charge in [0.05, 0.1) is 4.47 Å². The van der Waals surface area contributed by atoms with Gasteiger partial charge in [-0.15, -0.1) is 0 Å². The van der Waals surface area contributed by atoms with Crippen molar-refractivity contribution in [3.05, 3.63) is 34.5 Å². The number of fused-ring (bicyclic) bond motifs is 1. The van der Waals surface area contributed by atoms with Crippen molar-refractivity contribution in [2.75, 3.05) is 6.54 Å². The van der Waals surface area contributed by atoms with Crippen LogP contribution in [0.4, 0.5) is 0 Å². The largest absolute Gasteiger partial charge is 0.481 e. The zero-order valence-corrected chi connectivity index (χ0v) is 13.0. The molecular formula is C15H16BrNO4. The van der Waals surface area contributed by atoms with Crippen LogP contribution < -0.4 is 5.32 Å². The number of unbranched alkanes of at least 4 members (excludes halogenated alkanes) is 2. The topological polar surface area (TPSA) is 79.5 Å². The SMILES string of the molecule is O=C(O)CCCCCNC(=O)c1cc2cccc(Br)c2o1. The average molecular weight is 354 g/mol. The van der Waals surface area contributed by atoms with Crippen LogP contribution in [-0.4, -0.2) is 23.5 Å². The second kappa shape index (κ2) is 7.26. The van der Waals surface area contributed by atoms with Gasteiger partial charge in [0.1, 0.15) is 5.58 Å². The summed E-state index contributed by atoms with van der Waals surface area (Å²) in [5, 5.41) is 12.2. The third-order valence-electron chi connectivity index (χ3n) is 3.07. The maximum atomic E-state index is 12.0. The van der Waals surface area contributed by atoms with Crippen molar-refractivity contribution in [2.24, 2.45) is 0 Å². The van der Waals surface area contributed by atoms with Gasteiger partial charge in [-0.3, -0.25) is 9.59 Å². The Labute approximate surface area is 130 Å². The summed E-state index contributed by atoms with van der Waals surface area (Å²) < 4.78 is 6.35.